The Bertz CT molecular complexity index is 1230. The van der Waals surface area contributed by atoms with E-state index < -0.39 is 46.7 Å². The van der Waals surface area contributed by atoms with Crippen molar-refractivity contribution in [2.24, 2.45) is 0 Å². The second-order valence-corrected chi connectivity index (χ2v) is 7.96. The SMILES string of the molecule is O=C1SC(=Cc2cccc3[nH]ccc23)C(=O)N1Cc1cc(C(F)(F)F)cc(C(F)(F)F)c1. The van der Waals surface area contributed by atoms with Crippen LogP contribution in [0.25, 0.3) is 17.0 Å². The Morgan fingerprint density at radius 1 is 0.938 bits per heavy atom. The summed E-state index contributed by atoms with van der Waals surface area (Å²) in [5.41, 5.74) is -2.05. The summed E-state index contributed by atoms with van der Waals surface area (Å²) in [6, 6.07) is 8.03. The van der Waals surface area contributed by atoms with E-state index in [9.17, 15) is 35.9 Å². The summed E-state index contributed by atoms with van der Waals surface area (Å²) in [5, 5.41) is 0.000426. The first kappa shape index (κ1) is 22.0. The number of amides is 2. The fourth-order valence-electron chi connectivity index (χ4n) is 3.31. The molecule has 4 nitrogen and oxygen atoms in total. The second kappa shape index (κ2) is 7.73. The highest BCUT2D eigenvalue weighted by Crippen LogP contribution is 2.38. The Kier molecular flexibility index (Phi) is 5.32. The monoisotopic (exact) mass is 470 g/mol. The summed E-state index contributed by atoms with van der Waals surface area (Å²) in [5.74, 6) is -0.793. The Balaban J connectivity index is 1.66. The predicted molar refractivity (Wildman–Crippen MR) is 106 cm³/mol. The van der Waals surface area contributed by atoms with Crippen molar-refractivity contribution in [2.75, 3.05) is 0 Å². The third-order valence-corrected chi connectivity index (χ3v) is 5.68. The molecule has 0 aliphatic carbocycles. The number of carbonyl (C=O) groups is 2. The highest BCUT2D eigenvalue weighted by molar-refractivity contribution is 8.18. The number of alkyl halides is 6. The molecule has 3 aromatic rings. The standard InChI is InChI=1S/C21H12F6N2O2S/c22-20(23,24)13-6-11(7-14(9-13)21(25,26)27)10-29-18(30)17(32-19(29)31)8-12-2-1-3-16-15(12)4-5-28-16/h1-9,28H,10H2. The van der Waals surface area contributed by atoms with E-state index in [1.54, 1.807) is 24.4 Å². The molecular weight excluding hydrogens is 458 g/mol. The minimum Gasteiger partial charge on any atom is -0.361 e. The van der Waals surface area contributed by atoms with Crippen molar-refractivity contribution in [2.45, 2.75) is 18.9 Å². The van der Waals surface area contributed by atoms with Crippen molar-refractivity contribution >= 4 is 39.9 Å². The zero-order chi connectivity index (χ0) is 23.3. The number of H-pyrrole nitrogens is 1. The molecule has 1 fully saturated rings. The minimum atomic E-state index is -5.02. The van der Waals surface area contributed by atoms with Gasteiger partial charge in [-0.25, -0.2) is 0 Å². The first-order chi connectivity index (χ1) is 14.9. The van der Waals surface area contributed by atoms with Crippen molar-refractivity contribution < 1.29 is 35.9 Å². The largest absolute Gasteiger partial charge is 0.416 e. The van der Waals surface area contributed by atoms with Crippen molar-refractivity contribution in [1.82, 2.24) is 9.88 Å². The van der Waals surface area contributed by atoms with Crippen LogP contribution in [-0.2, 0) is 23.7 Å². The molecule has 1 N–H and O–H groups in total. The van der Waals surface area contributed by atoms with Gasteiger partial charge in [0.15, 0.2) is 0 Å². The number of hydrogen-bond donors (Lipinski definition) is 1. The van der Waals surface area contributed by atoms with Gasteiger partial charge in [0, 0.05) is 17.1 Å². The van der Waals surface area contributed by atoms with Crippen LogP contribution in [0.3, 0.4) is 0 Å². The van der Waals surface area contributed by atoms with Gasteiger partial charge in [0.05, 0.1) is 22.6 Å². The number of thioether (sulfide) groups is 1. The molecule has 11 heteroatoms. The smallest absolute Gasteiger partial charge is 0.361 e. The summed E-state index contributed by atoms with van der Waals surface area (Å²) in [6.07, 6.45) is -6.89. The van der Waals surface area contributed by atoms with Crippen molar-refractivity contribution in [1.29, 1.82) is 0 Å². The summed E-state index contributed by atoms with van der Waals surface area (Å²) in [4.78, 5) is 28.7. The molecule has 1 aromatic heterocycles. The van der Waals surface area contributed by atoms with Crippen LogP contribution >= 0.6 is 11.8 Å². The van der Waals surface area contributed by atoms with E-state index in [-0.39, 0.29) is 11.0 Å². The molecule has 2 aromatic carbocycles. The van der Waals surface area contributed by atoms with Gasteiger partial charge >= 0.3 is 12.4 Å². The number of hydrogen-bond acceptors (Lipinski definition) is 3. The molecular formula is C21H12F6N2O2S. The van der Waals surface area contributed by atoms with E-state index >= 15 is 0 Å². The molecule has 1 aliphatic heterocycles. The summed E-state index contributed by atoms with van der Waals surface area (Å²) in [7, 11) is 0. The van der Waals surface area contributed by atoms with Gasteiger partial charge < -0.3 is 4.98 Å². The molecule has 0 atom stereocenters. The summed E-state index contributed by atoms with van der Waals surface area (Å²) < 4.78 is 78.5. The number of aromatic amines is 1. The van der Waals surface area contributed by atoms with E-state index in [4.69, 9.17) is 0 Å². The zero-order valence-electron chi connectivity index (χ0n) is 15.8. The van der Waals surface area contributed by atoms with Gasteiger partial charge in [0.1, 0.15) is 0 Å². The molecule has 0 bridgehead atoms. The van der Waals surface area contributed by atoms with Gasteiger partial charge in [-0.3, -0.25) is 14.5 Å². The molecule has 0 saturated carbocycles. The second-order valence-electron chi connectivity index (χ2n) is 6.97. The number of aromatic nitrogens is 1. The molecule has 1 aliphatic rings. The van der Waals surface area contributed by atoms with Crippen molar-refractivity contribution in [3.05, 3.63) is 75.8 Å². The molecule has 4 rings (SSSR count). The number of rotatable bonds is 3. The fraction of sp³-hybridized carbons (Fsp3) is 0.143. The molecule has 2 heterocycles. The number of imide groups is 1. The maximum absolute atomic E-state index is 13.1. The molecule has 1 saturated heterocycles. The highest BCUT2D eigenvalue weighted by Gasteiger charge is 2.39. The third-order valence-electron chi connectivity index (χ3n) is 4.78. The van der Waals surface area contributed by atoms with E-state index in [2.05, 4.69) is 4.98 Å². The summed E-state index contributed by atoms with van der Waals surface area (Å²) >= 11 is 0.570. The lowest BCUT2D eigenvalue weighted by Crippen LogP contribution is -2.28. The Labute approximate surface area is 180 Å². The average molecular weight is 470 g/mol. The number of fused-ring (bicyclic) bond motifs is 1. The van der Waals surface area contributed by atoms with E-state index in [1.165, 1.54) is 6.08 Å². The van der Waals surface area contributed by atoms with Crippen molar-refractivity contribution in [3.8, 4) is 0 Å². The zero-order valence-corrected chi connectivity index (χ0v) is 16.7. The van der Waals surface area contributed by atoms with Crippen LogP contribution in [-0.4, -0.2) is 21.0 Å². The lowest BCUT2D eigenvalue weighted by Gasteiger charge is -2.17. The van der Waals surface area contributed by atoms with Gasteiger partial charge in [-0.2, -0.15) is 26.3 Å². The minimum absolute atomic E-state index is 0.00522. The maximum atomic E-state index is 13.1. The van der Waals surface area contributed by atoms with E-state index in [1.807, 2.05) is 6.07 Å². The van der Waals surface area contributed by atoms with Crippen molar-refractivity contribution in [3.63, 3.8) is 0 Å². The quantitative estimate of drug-likeness (QED) is 0.354. The number of nitrogens with zero attached hydrogens (tertiary/aromatic N) is 1. The fourth-order valence-corrected chi connectivity index (χ4v) is 4.14. The Morgan fingerprint density at radius 2 is 1.59 bits per heavy atom. The summed E-state index contributed by atoms with van der Waals surface area (Å²) in [6.45, 7) is -0.719. The average Bonchev–Trinajstić information content (AvgIpc) is 3.28. The molecule has 2 amide bonds. The normalized spacial score (nSPS) is 16.6. The van der Waals surface area contributed by atoms with Gasteiger partial charge in [-0.15, -0.1) is 0 Å². The first-order valence-electron chi connectivity index (χ1n) is 9.03. The number of halogens is 6. The van der Waals surface area contributed by atoms with Crippen LogP contribution in [0.5, 0.6) is 0 Å². The third kappa shape index (κ3) is 4.24. The molecule has 166 valence electrons. The van der Waals surface area contributed by atoms with Gasteiger partial charge in [0.2, 0.25) is 0 Å². The van der Waals surface area contributed by atoms with Gasteiger partial charge in [-0.05, 0) is 59.3 Å². The predicted octanol–water partition coefficient (Wildman–Crippen LogP) is 6.44. The lowest BCUT2D eigenvalue weighted by atomic mass is 10.0. The molecule has 0 radical (unpaired) electrons. The van der Waals surface area contributed by atoms with Gasteiger partial charge in [-0.1, -0.05) is 12.1 Å². The number of nitrogens with one attached hydrogen (secondary N) is 1. The highest BCUT2D eigenvalue weighted by atomic mass is 32.2. The number of carbonyl (C=O) groups excluding carboxylic acids is 2. The van der Waals surface area contributed by atoms with E-state index in [0.29, 0.717) is 34.4 Å². The topological polar surface area (TPSA) is 53.2 Å². The Hall–Kier alpha value is -3.21. The van der Waals surface area contributed by atoms with Gasteiger partial charge in [0.25, 0.3) is 11.1 Å². The maximum Gasteiger partial charge on any atom is 0.416 e. The van der Waals surface area contributed by atoms with Crippen LogP contribution < -0.4 is 0 Å². The van der Waals surface area contributed by atoms with E-state index in [0.717, 1.165) is 10.9 Å². The number of benzene rings is 2. The lowest BCUT2D eigenvalue weighted by molar-refractivity contribution is -0.143. The van der Waals surface area contributed by atoms with Crippen LogP contribution in [0, 0.1) is 0 Å². The van der Waals surface area contributed by atoms with Crippen LogP contribution in [0.1, 0.15) is 22.3 Å². The Morgan fingerprint density at radius 3 is 2.22 bits per heavy atom. The molecule has 32 heavy (non-hydrogen) atoms. The van der Waals surface area contributed by atoms with Crippen LogP contribution in [0.15, 0.2) is 53.6 Å². The first-order valence-corrected chi connectivity index (χ1v) is 9.85. The van der Waals surface area contributed by atoms with Crippen LogP contribution in [0.2, 0.25) is 0 Å². The van der Waals surface area contributed by atoms with Crippen LogP contribution in [0.4, 0.5) is 31.1 Å². The molecule has 0 unspecified atom stereocenters. The molecule has 0 spiro atoms.